The maximum absolute atomic E-state index is 5.67. The van der Waals surface area contributed by atoms with Gasteiger partial charge in [-0.3, -0.25) is 4.90 Å². The molecule has 0 atom stereocenters. The third-order valence-corrected chi connectivity index (χ3v) is 5.11. The molecule has 0 radical (unpaired) electrons. The van der Waals surface area contributed by atoms with Gasteiger partial charge in [-0.1, -0.05) is 12.8 Å². The highest BCUT2D eigenvalue weighted by Crippen LogP contribution is 2.25. The van der Waals surface area contributed by atoms with E-state index in [1.54, 1.807) is 0 Å². The number of nitrogens with zero attached hydrogens (tertiary/aromatic N) is 3. The Morgan fingerprint density at radius 3 is 2.57 bits per heavy atom. The van der Waals surface area contributed by atoms with Gasteiger partial charge in [0.05, 0.1) is 5.69 Å². The van der Waals surface area contributed by atoms with Crippen LogP contribution in [0.5, 0.6) is 0 Å². The van der Waals surface area contributed by atoms with Gasteiger partial charge in [-0.2, -0.15) is 4.98 Å². The third kappa shape index (κ3) is 3.24. The number of hydrogen-bond donors (Lipinski definition) is 1. The molecule has 1 aliphatic heterocycles. The van der Waals surface area contributed by atoms with Crippen LogP contribution in [0, 0.1) is 0 Å². The highest BCUT2D eigenvalue weighted by atomic mass is 16.4. The summed E-state index contributed by atoms with van der Waals surface area (Å²) in [7, 11) is 0. The van der Waals surface area contributed by atoms with Crippen LogP contribution < -0.4 is 10.2 Å². The van der Waals surface area contributed by atoms with E-state index in [1.807, 2.05) is 6.26 Å². The van der Waals surface area contributed by atoms with Crippen LogP contribution in [-0.4, -0.2) is 48.1 Å². The number of anilines is 1. The minimum Gasteiger partial charge on any atom is -0.432 e. The van der Waals surface area contributed by atoms with Gasteiger partial charge in [0.15, 0.2) is 0 Å². The summed E-state index contributed by atoms with van der Waals surface area (Å²) in [6.45, 7) is 5.25. The van der Waals surface area contributed by atoms with Gasteiger partial charge in [0.1, 0.15) is 6.26 Å². The van der Waals surface area contributed by atoms with Gasteiger partial charge >= 0.3 is 0 Å². The van der Waals surface area contributed by atoms with Gasteiger partial charge in [-0.15, -0.1) is 0 Å². The fraction of sp³-hybridized carbons (Fsp3) is 0.812. The second-order valence-electron chi connectivity index (χ2n) is 6.74. The Morgan fingerprint density at radius 2 is 1.86 bits per heavy atom. The molecule has 0 aromatic carbocycles. The van der Waals surface area contributed by atoms with Crippen molar-refractivity contribution in [2.24, 2.45) is 0 Å². The van der Waals surface area contributed by atoms with Gasteiger partial charge in [-0.05, 0) is 25.7 Å². The van der Waals surface area contributed by atoms with Crippen molar-refractivity contribution in [3.8, 4) is 0 Å². The van der Waals surface area contributed by atoms with Crippen LogP contribution in [0.3, 0.4) is 0 Å². The van der Waals surface area contributed by atoms with Gasteiger partial charge < -0.3 is 14.6 Å². The molecular weight excluding hydrogens is 264 g/mol. The molecule has 1 aromatic heterocycles. The maximum Gasteiger partial charge on any atom is 0.297 e. The van der Waals surface area contributed by atoms with Crippen LogP contribution in [-0.2, 0) is 6.54 Å². The fourth-order valence-electron chi connectivity index (χ4n) is 3.61. The van der Waals surface area contributed by atoms with Crippen molar-refractivity contribution in [2.75, 3.05) is 31.1 Å². The van der Waals surface area contributed by atoms with E-state index in [0.29, 0.717) is 0 Å². The Labute approximate surface area is 126 Å². The Balaban J connectivity index is 1.28. The number of aromatic nitrogens is 1. The number of oxazole rings is 1. The van der Waals surface area contributed by atoms with E-state index in [0.717, 1.165) is 56.5 Å². The predicted octanol–water partition coefficient (Wildman–Crippen LogP) is 1.99. The van der Waals surface area contributed by atoms with Crippen molar-refractivity contribution in [2.45, 2.75) is 57.2 Å². The summed E-state index contributed by atoms with van der Waals surface area (Å²) in [4.78, 5) is 9.60. The third-order valence-electron chi connectivity index (χ3n) is 5.11. The molecule has 0 amide bonds. The zero-order valence-corrected chi connectivity index (χ0v) is 12.8. The number of hydrogen-bond acceptors (Lipinski definition) is 5. The number of rotatable bonds is 5. The van der Waals surface area contributed by atoms with E-state index in [4.69, 9.17) is 4.42 Å². The molecule has 1 saturated heterocycles. The normalized spacial score (nSPS) is 24.9. The second-order valence-corrected chi connectivity index (χ2v) is 6.74. The molecule has 116 valence electrons. The Kier molecular flexibility index (Phi) is 3.86. The lowest BCUT2D eigenvalue weighted by Crippen LogP contribution is -2.49. The summed E-state index contributed by atoms with van der Waals surface area (Å²) in [5.41, 5.74) is 1.04. The van der Waals surface area contributed by atoms with E-state index in [1.165, 1.54) is 38.5 Å². The Morgan fingerprint density at radius 1 is 1.10 bits per heavy atom. The van der Waals surface area contributed by atoms with Crippen LogP contribution in [0.1, 0.15) is 44.2 Å². The number of nitrogens with one attached hydrogen (secondary N) is 1. The molecule has 21 heavy (non-hydrogen) atoms. The van der Waals surface area contributed by atoms with E-state index in [9.17, 15) is 0 Å². The topological polar surface area (TPSA) is 44.5 Å². The summed E-state index contributed by atoms with van der Waals surface area (Å²) in [5.74, 6) is 0. The lowest BCUT2D eigenvalue weighted by atomic mass is 10.2. The quantitative estimate of drug-likeness (QED) is 0.898. The zero-order valence-electron chi connectivity index (χ0n) is 12.8. The first-order valence-corrected chi connectivity index (χ1v) is 8.55. The summed E-state index contributed by atoms with van der Waals surface area (Å²) in [6, 6.07) is 2.38. The molecule has 3 fully saturated rings. The molecular formula is C16H26N4O. The lowest BCUT2D eigenvalue weighted by molar-refractivity contribution is 0.185. The molecule has 2 heterocycles. The van der Waals surface area contributed by atoms with Crippen LogP contribution in [0.25, 0.3) is 0 Å². The van der Waals surface area contributed by atoms with E-state index in [2.05, 4.69) is 20.1 Å². The van der Waals surface area contributed by atoms with Crippen molar-refractivity contribution < 1.29 is 4.42 Å². The number of piperazine rings is 1. The average Bonchev–Trinajstić information content (AvgIpc) is 3.03. The maximum atomic E-state index is 5.67. The van der Waals surface area contributed by atoms with Crippen molar-refractivity contribution >= 4 is 6.01 Å². The predicted molar refractivity (Wildman–Crippen MR) is 82.4 cm³/mol. The average molecular weight is 290 g/mol. The van der Waals surface area contributed by atoms with Gasteiger partial charge in [0.2, 0.25) is 0 Å². The largest absolute Gasteiger partial charge is 0.432 e. The molecule has 0 bridgehead atoms. The fourth-order valence-corrected chi connectivity index (χ4v) is 3.61. The van der Waals surface area contributed by atoms with Gasteiger partial charge in [-0.25, -0.2) is 0 Å². The van der Waals surface area contributed by atoms with Gasteiger partial charge in [0, 0.05) is 44.8 Å². The molecule has 2 saturated carbocycles. The molecule has 5 heteroatoms. The second kappa shape index (κ2) is 5.97. The molecule has 4 rings (SSSR count). The molecule has 2 aliphatic carbocycles. The summed E-state index contributed by atoms with van der Waals surface area (Å²) >= 11 is 0. The lowest BCUT2D eigenvalue weighted by Gasteiger charge is -2.37. The molecule has 0 unspecified atom stereocenters. The van der Waals surface area contributed by atoms with E-state index in [-0.39, 0.29) is 0 Å². The molecule has 3 aliphatic rings. The molecule has 5 nitrogen and oxygen atoms in total. The summed E-state index contributed by atoms with van der Waals surface area (Å²) in [6.07, 6.45) is 10.1. The first-order chi connectivity index (χ1) is 10.4. The van der Waals surface area contributed by atoms with E-state index < -0.39 is 0 Å². The first-order valence-electron chi connectivity index (χ1n) is 8.55. The highest BCUT2D eigenvalue weighted by molar-refractivity contribution is 5.28. The summed E-state index contributed by atoms with van der Waals surface area (Å²) in [5, 5.41) is 3.48. The monoisotopic (exact) mass is 290 g/mol. The highest BCUT2D eigenvalue weighted by Gasteiger charge is 2.27. The summed E-state index contributed by atoms with van der Waals surface area (Å²) < 4.78 is 5.67. The SMILES string of the molecule is c1oc(N2CCN(C3CCCC3)CC2)nc1CNC1CC1. The minimum absolute atomic E-state index is 0.722. The van der Waals surface area contributed by atoms with Crippen LogP contribution in [0.15, 0.2) is 10.7 Å². The van der Waals surface area contributed by atoms with Crippen molar-refractivity contribution in [1.29, 1.82) is 0 Å². The molecule has 0 spiro atoms. The Hall–Kier alpha value is -1.07. The van der Waals surface area contributed by atoms with Gasteiger partial charge in [0.25, 0.3) is 6.01 Å². The van der Waals surface area contributed by atoms with E-state index >= 15 is 0 Å². The zero-order chi connectivity index (χ0) is 14.1. The van der Waals surface area contributed by atoms with Crippen molar-refractivity contribution in [1.82, 2.24) is 15.2 Å². The minimum atomic E-state index is 0.722. The molecule has 1 aromatic rings. The smallest absolute Gasteiger partial charge is 0.297 e. The first kappa shape index (κ1) is 13.6. The van der Waals surface area contributed by atoms with Crippen molar-refractivity contribution in [3.05, 3.63) is 12.0 Å². The van der Waals surface area contributed by atoms with Crippen LogP contribution in [0.4, 0.5) is 6.01 Å². The standard InChI is InChI=1S/C16H26N4O/c1-2-4-15(3-1)19-7-9-20(10-8-19)16-18-14(12-21-16)11-17-13-5-6-13/h12-13,15,17H,1-11H2. The van der Waals surface area contributed by atoms with Crippen molar-refractivity contribution in [3.63, 3.8) is 0 Å². The van der Waals surface area contributed by atoms with Crippen LogP contribution >= 0.6 is 0 Å². The van der Waals surface area contributed by atoms with Crippen LogP contribution in [0.2, 0.25) is 0 Å². The molecule has 1 N–H and O–H groups in total. The Bertz CT molecular complexity index is 457.